The molecule has 0 heterocycles. The van der Waals surface area contributed by atoms with Gasteiger partial charge < -0.3 is 4.52 Å². The lowest BCUT2D eigenvalue weighted by molar-refractivity contribution is 0.153. The molecule has 3 rings (SSSR count). The van der Waals surface area contributed by atoms with Gasteiger partial charge in [-0.1, -0.05) is 78.9 Å². The quantitative estimate of drug-likeness (QED) is 0.253. The molecule has 0 saturated carbocycles. The van der Waals surface area contributed by atoms with E-state index in [9.17, 15) is 4.57 Å². The first-order valence-corrected chi connectivity index (χ1v) is 11.4. The van der Waals surface area contributed by atoms with Gasteiger partial charge in [0.15, 0.2) is 0 Å². The van der Waals surface area contributed by atoms with Gasteiger partial charge in [0.25, 0.3) is 0 Å². The van der Waals surface area contributed by atoms with E-state index in [1.165, 1.54) is 11.1 Å². The van der Waals surface area contributed by atoms with Gasteiger partial charge in [0.05, 0.1) is 13.2 Å². The first kappa shape index (κ1) is 21.3. The molecule has 29 heavy (non-hydrogen) atoms. The van der Waals surface area contributed by atoms with E-state index in [0.717, 1.165) is 25.7 Å². The highest BCUT2D eigenvalue weighted by Crippen LogP contribution is 2.49. The molecule has 0 bridgehead atoms. The van der Waals surface area contributed by atoms with Crippen LogP contribution >= 0.6 is 7.82 Å². The zero-order valence-electron chi connectivity index (χ0n) is 16.5. The molecule has 4 nitrogen and oxygen atoms in total. The van der Waals surface area contributed by atoms with Gasteiger partial charge in [-0.05, 0) is 48.9 Å². The van der Waals surface area contributed by atoms with Crippen molar-refractivity contribution < 1.29 is 18.1 Å². The molecule has 0 saturated heterocycles. The Labute approximate surface area is 173 Å². The molecule has 0 radical (unpaired) electrons. The largest absolute Gasteiger partial charge is 0.530 e. The normalized spacial score (nSPS) is 11.3. The highest BCUT2D eigenvalue weighted by atomic mass is 31.2. The van der Waals surface area contributed by atoms with Gasteiger partial charge in [-0.15, -0.1) is 0 Å². The smallest absolute Gasteiger partial charge is 0.404 e. The summed E-state index contributed by atoms with van der Waals surface area (Å²) in [6.45, 7) is 0.607. The van der Waals surface area contributed by atoms with Crippen molar-refractivity contribution in [2.45, 2.75) is 25.7 Å². The summed E-state index contributed by atoms with van der Waals surface area (Å²) < 4.78 is 30.0. The van der Waals surface area contributed by atoms with E-state index >= 15 is 0 Å². The highest BCUT2D eigenvalue weighted by Gasteiger charge is 2.28. The number of para-hydroxylation sites is 1. The maximum Gasteiger partial charge on any atom is 0.530 e. The van der Waals surface area contributed by atoms with Gasteiger partial charge in [0, 0.05) is 0 Å². The molecule has 0 fully saturated rings. The summed E-state index contributed by atoms with van der Waals surface area (Å²) >= 11 is 0. The van der Waals surface area contributed by atoms with Crippen molar-refractivity contribution in [1.82, 2.24) is 0 Å². The number of hydrogen-bond acceptors (Lipinski definition) is 4. The molecule has 0 spiro atoms. The lowest BCUT2D eigenvalue weighted by Gasteiger charge is -2.18. The van der Waals surface area contributed by atoms with E-state index in [2.05, 4.69) is 24.3 Å². The summed E-state index contributed by atoms with van der Waals surface area (Å²) in [5.74, 6) is 0.474. The van der Waals surface area contributed by atoms with Crippen molar-refractivity contribution in [3.8, 4) is 5.75 Å². The molecule has 5 heteroatoms. The second-order valence-electron chi connectivity index (χ2n) is 6.70. The van der Waals surface area contributed by atoms with Crippen LogP contribution in [0.25, 0.3) is 0 Å². The number of hydrogen-bond donors (Lipinski definition) is 0. The van der Waals surface area contributed by atoms with E-state index in [-0.39, 0.29) is 0 Å². The van der Waals surface area contributed by atoms with Crippen LogP contribution in [0.1, 0.15) is 24.0 Å². The molecule has 0 aromatic heterocycles. The van der Waals surface area contributed by atoms with Crippen molar-refractivity contribution in [1.29, 1.82) is 0 Å². The molecule has 0 atom stereocenters. The Hall–Kier alpha value is -2.39. The van der Waals surface area contributed by atoms with E-state index in [0.29, 0.717) is 19.0 Å². The Morgan fingerprint density at radius 1 is 0.586 bits per heavy atom. The lowest BCUT2D eigenvalue weighted by Crippen LogP contribution is -2.06. The van der Waals surface area contributed by atoms with Crippen LogP contribution in [0.2, 0.25) is 0 Å². The van der Waals surface area contributed by atoms with Crippen molar-refractivity contribution in [3.63, 3.8) is 0 Å². The topological polar surface area (TPSA) is 44.8 Å². The van der Waals surface area contributed by atoms with Gasteiger partial charge in [-0.25, -0.2) is 4.57 Å². The van der Waals surface area contributed by atoms with Crippen LogP contribution in [0.3, 0.4) is 0 Å². The molecule has 3 aromatic rings. The molecule has 0 aliphatic heterocycles. The Morgan fingerprint density at radius 3 is 1.45 bits per heavy atom. The lowest BCUT2D eigenvalue weighted by atomic mass is 10.1. The minimum absolute atomic E-state index is 0.303. The number of phosphoric acid groups is 1. The van der Waals surface area contributed by atoms with E-state index in [4.69, 9.17) is 13.6 Å². The van der Waals surface area contributed by atoms with Crippen LogP contribution in [-0.4, -0.2) is 13.2 Å². The Balaban J connectivity index is 1.50. The van der Waals surface area contributed by atoms with Crippen LogP contribution in [0.4, 0.5) is 0 Å². The van der Waals surface area contributed by atoms with Crippen LogP contribution in [0.5, 0.6) is 5.75 Å². The standard InChI is InChI=1S/C24H27O4P/c25-29(28-24-18-8-3-9-19-24,26-20-10-16-22-12-4-1-5-13-22)27-21-11-17-23-14-6-2-7-15-23/h1-9,12-15,18-19H,10-11,16-17,20-21H2. The maximum absolute atomic E-state index is 13.1. The average molecular weight is 410 g/mol. The maximum atomic E-state index is 13.1. The summed E-state index contributed by atoms with van der Waals surface area (Å²) in [4.78, 5) is 0. The summed E-state index contributed by atoms with van der Waals surface area (Å²) in [6.07, 6.45) is 3.17. The van der Waals surface area contributed by atoms with Crippen molar-refractivity contribution in [3.05, 3.63) is 102 Å². The van der Waals surface area contributed by atoms with Gasteiger partial charge in [0.2, 0.25) is 0 Å². The third kappa shape index (κ3) is 7.86. The van der Waals surface area contributed by atoms with Crippen molar-refractivity contribution >= 4 is 7.82 Å². The predicted molar refractivity (Wildman–Crippen MR) is 116 cm³/mol. The Kier molecular flexibility index (Phi) is 8.51. The molecule has 152 valence electrons. The number of phosphoric ester groups is 1. The van der Waals surface area contributed by atoms with Crippen LogP contribution in [0.15, 0.2) is 91.0 Å². The fraction of sp³-hybridized carbons (Fsp3) is 0.250. The third-order valence-electron chi connectivity index (χ3n) is 4.36. The zero-order chi connectivity index (χ0) is 20.2. The van der Waals surface area contributed by atoms with E-state index in [1.54, 1.807) is 12.1 Å². The SMILES string of the molecule is O=P(OCCCc1ccccc1)(OCCCc1ccccc1)Oc1ccccc1. The monoisotopic (exact) mass is 410 g/mol. The minimum atomic E-state index is -3.68. The van der Waals surface area contributed by atoms with Gasteiger partial charge in [-0.2, -0.15) is 0 Å². The number of benzene rings is 3. The number of aryl methyl sites for hydroxylation is 2. The van der Waals surface area contributed by atoms with Crippen LogP contribution in [-0.2, 0) is 26.5 Å². The van der Waals surface area contributed by atoms with Gasteiger partial charge >= 0.3 is 7.82 Å². The fourth-order valence-corrected chi connectivity index (χ4v) is 4.16. The summed E-state index contributed by atoms with van der Waals surface area (Å²) in [7, 11) is -3.68. The van der Waals surface area contributed by atoms with Gasteiger partial charge in [-0.3, -0.25) is 9.05 Å². The highest BCUT2D eigenvalue weighted by molar-refractivity contribution is 7.48. The first-order valence-electron chi connectivity index (χ1n) is 9.95. The Morgan fingerprint density at radius 2 is 1.00 bits per heavy atom. The molecule has 0 aliphatic rings. The second kappa shape index (κ2) is 11.6. The second-order valence-corrected chi connectivity index (χ2v) is 8.29. The van der Waals surface area contributed by atoms with E-state index < -0.39 is 7.82 Å². The van der Waals surface area contributed by atoms with Crippen LogP contribution < -0.4 is 4.52 Å². The fourth-order valence-electron chi connectivity index (χ4n) is 2.90. The molecule has 0 N–H and O–H groups in total. The molecule has 3 aromatic carbocycles. The first-order chi connectivity index (χ1) is 14.2. The molecule has 0 aliphatic carbocycles. The van der Waals surface area contributed by atoms with Crippen molar-refractivity contribution in [2.75, 3.05) is 13.2 Å². The summed E-state index contributed by atoms with van der Waals surface area (Å²) in [5, 5.41) is 0. The summed E-state index contributed by atoms with van der Waals surface area (Å²) in [5.41, 5.74) is 2.44. The summed E-state index contributed by atoms with van der Waals surface area (Å²) in [6, 6.07) is 29.3. The van der Waals surface area contributed by atoms with Crippen molar-refractivity contribution in [2.24, 2.45) is 0 Å². The average Bonchev–Trinajstić information content (AvgIpc) is 2.77. The zero-order valence-corrected chi connectivity index (χ0v) is 17.4. The molecular weight excluding hydrogens is 383 g/mol. The van der Waals surface area contributed by atoms with Gasteiger partial charge in [0.1, 0.15) is 5.75 Å². The molecular formula is C24H27O4P. The van der Waals surface area contributed by atoms with E-state index in [1.807, 2.05) is 54.6 Å². The predicted octanol–water partition coefficient (Wildman–Crippen LogP) is 6.47. The molecule has 0 unspecified atom stereocenters. The molecule has 0 amide bonds. The Bertz CT molecular complexity index is 818. The third-order valence-corrected chi connectivity index (χ3v) is 5.80. The van der Waals surface area contributed by atoms with Crippen LogP contribution in [0, 0.1) is 0 Å². The number of rotatable bonds is 12. The minimum Gasteiger partial charge on any atom is -0.404 e.